The largest absolute Gasteiger partial charge is 0.427 e. The second kappa shape index (κ2) is 12.2. The van der Waals surface area contributed by atoms with Crippen LogP contribution in [0.5, 0.6) is 0 Å². The lowest BCUT2D eigenvalue weighted by Crippen LogP contribution is -2.49. The van der Waals surface area contributed by atoms with E-state index in [4.69, 9.17) is 4.65 Å². The average Bonchev–Trinajstić information content (AvgIpc) is 3.04. The van der Waals surface area contributed by atoms with Gasteiger partial charge in [0.1, 0.15) is 0 Å². The molecule has 44 heavy (non-hydrogen) atoms. The predicted molar refractivity (Wildman–Crippen MR) is 186 cm³/mol. The maximum atomic E-state index is 10.6. The van der Waals surface area contributed by atoms with Crippen LogP contribution in [0.3, 0.4) is 0 Å². The summed E-state index contributed by atoms with van der Waals surface area (Å²) in [6.07, 6.45) is 0. The zero-order chi connectivity index (χ0) is 30.7. The van der Waals surface area contributed by atoms with Crippen molar-refractivity contribution in [3.8, 4) is 22.3 Å². The molecule has 0 aliphatic rings. The SMILES string of the molecule is CC(C)(O)C(C)(C)O[B]c1cccc(N(c2cccc(-c3ccc(-c4ccccc4)cc3)c2)c2cccc3ccccc23)c1. The number of rotatable bonds is 9. The highest BCUT2D eigenvalue weighted by molar-refractivity contribution is 6.47. The summed E-state index contributed by atoms with van der Waals surface area (Å²) in [6, 6.07) is 51.2. The maximum absolute atomic E-state index is 10.6. The van der Waals surface area contributed by atoms with Gasteiger partial charge in [0.15, 0.2) is 0 Å². The first-order chi connectivity index (χ1) is 21.2. The minimum Gasteiger partial charge on any atom is -0.427 e. The van der Waals surface area contributed by atoms with Gasteiger partial charge in [0.05, 0.1) is 16.9 Å². The Hall–Kier alpha value is -4.64. The summed E-state index contributed by atoms with van der Waals surface area (Å²) < 4.78 is 6.12. The van der Waals surface area contributed by atoms with E-state index < -0.39 is 11.2 Å². The molecule has 0 atom stereocenters. The number of aliphatic hydroxyl groups is 1. The number of anilines is 3. The lowest BCUT2D eigenvalue weighted by Gasteiger charge is -2.37. The molecule has 0 aliphatic carbocycles. The van der Waals surface area contributed by atoms with Crippen molar-refractivity contribution in [2.75, 3.05) is 4.90 Å². The molecular formula is C40H37BNO2. The molecule has 0 unspecified atom stereocenters. The Labute approximate surface area is 261 Å². The smallest absolute Gasteiger partial charge is 0.330 e. The van der Waals surface area contributed by atoms with E-state index in [2.05, 4.69) is 132 Å². The van der Waals surface area contributed by atoms with Crippen LogP contribution < -0.4 is 10.4 Å². The third kappa shape index (κ3) is 6.19. The molecule has 217 valence electrons. The van der Waals surface area contributed by atoms with Crippen LogP contribution in [-0.4, -0.2) is 23.8 Å². The third-order valence-electron chi connectivity index (χ3n) is 8.53. The summed E-state index contributed by atoms with van der Waals surface area (Å²) in [5.74, 6) is 0. The highest BCUT2D eigenvalue weighted by Crippen LogP contribution is 2.40. The number of hydrogen-bond acceptors (Lipinski definition) is 3. The van der Waals surface area contributed by atoms with E-state index in [0.717, 1.165) is 33.7 Å². The number of hydrogen-bond donors (Lipinski definition) is 1. The molecule has 3 nitrogen and oxygen atoms in total. The Bertz CT molecular complexity index is 1870. The highest BCUT2D eigenvalue weighted by Gasteiger charge is 2.35. The molecule has 0 aliphatic heterocycles. The van der Waals surface area contributed by atoms with Crippen molar-refractivity contribution in [2.45, 2.75) is 38.9 Å². The van der Waals surface area contributed by atoms with Crippen molar-refractivity contribution in [3.63, 3.8) is 0 Å². The Morgan fingerprint density at radius 1 is 0.545 bits per heavy atom. The van der Waals surface area contributed by atoms with Crippen LogP contribution in [0.25, 0.3) is 33.0 Å². The van der Waals surface area contributed by atoms with Gasteiger partial charge in [0.25, 0.3) is 0 Å². The minimum atomic E-state index is -1.00. The normalized spacial score (nSPS) is 11.8. The summed E-state index contributed by atoms with van der Waals surface area (Å²) in [5, 5.41) is 13.0. The van der Waals surface area contributed by atoms with Gasteiger partial charge in [-0.2, -0.15) is 0 Å². The summed E-state index contributed by atoms with van der Waals surface area (Å²) in [4.78, 5) is 2.31. The van der Waals surface area contributed by atoms with Gasteiger partial charge in [-0.3, -0.25) is 0 Å². The Morgan fingerprint density at radius 3 is 1.82 bits per heavy atom. The van der Waals surface area contributed by atoms with Crippen molar-refractivity contribution in [2.24, 2.45) is 0 Å². The maximum Gasteiger partial charge on any atom is 0.330 e. The predicted octanol–water partition coefficient (Wildman–Crippen LogP) is 9.45. The molecule has 0 fully saturated rings. The Morgan fingerprint density at radius 2 is 1.09 bits per heavy atom. The Kier molecular flexibility index (Phi) is 8.14. The van der Waals surface area contributed by atoms with Crippen LogP contribution in [0, 0.1) is 0 Å². The zero-order valence-electron chi connectivity index (χ0n) is 25.7. The van der Waals surface area contributed by atoms with E-state index in [0.29, 0.717) is 0 Å². The van der Waals surface area contributed by atoms with E-state index >= 15 is 0 Å². The van der Waals surface area contributed by atoms with Gasteiger partial charge in [0.2, 0.25) is 0 Å². The van der Waals surface area contributed by atoms with Crippen LogP contribution in [-0.2, 0) is 4.65 Å². The van der Waals surface area contributed by atoms with Gasteiger partial charge in [-0.15, -0.1) is 0 Å². The molecule has 1 radical (unpaired) electrons. The van der Waals surface area contributed by atoms with Crippen molar-refractivity contribution in [3.05, 3.63) is 146 Å². The van der Waals surface area contributed by atoms with Crippen molar-refractivity contribution in [1.82, 2.24) is 0 Å². The number of fused-ring (bicyclic) bond motifs is 1. The molecular weight excluding hydrogens is 537 g/mol. The fourth-order valence-corrected chi connectivity index (χ4v) is 5.24. The number of nitrogens with zero attached hydrogens (tertiary/aromatic N) is 1. The van der Waals surface area contributed by atoms with Crippen molar-refractivity contribution in [1.29, 1.82) is 0 Å². The highest BCUT2D eigenvalue weighted by atomic mass is 16.5. The summed E-state index contributed by atoms with van der Waals surface area (Å²) in [7, 11) is 1.74. The second-order valence-corrected chi connectivity index (χ2v) is 12.2. The molecule has 0 heterocycles. The van der Waals surface area contributed by atoms with Gasteiger partial charge in [-0.05, 0) is 85.7 Å². The number of benzene rings is 6. The molecule has 0 saturated heterocycles. The van der Waals surface area contributed by atoms with E-state index in [-0.39, 0.29) is 0 Å². The summed E-state index contributed by atoms with van der Waals surface area (Å²) in [5.41, 5.74) is 7.02. The standard InChI is InChI=1S/C40H37BNO2/c1-39(2,43)40(3,4)44-41-34-18-12-20-36(28-34)42(38-22-11-16-32-15-8-9-21-37(32)38)35-19-10-17-33(27-35)31-25-23-30(24-26-31)29-13-6-5-7-14-29/h5-28,43H,1-4H3. The fraction of sp³-hybridized carbons (Fsp3) is 0.150. The van der Waals surface area contributed by atoms with E-state index in [9.17, 15) is 5.11 Å². The first kappa shape index (κ1) is 29.4. The van der Waals surface area contributed by atoms with Crippen LogP contribution in [0.4, 0.5) is 17.1 Å². The molecule has 6 aromatic rings. The molecule has 0 saturated carbocycles. The molecule has 0 aromatic heterocycles. The lowest BCUT2D eigenvalue weighted by atomic mass is 9.82. The molecule has 4 heteroatoms. The van der Waals surface area contributed by atoms with E-state index in [1.165, 1.54) is 21.9 Å². The monoisotopic (exact) mass is 574 g/mol. The van der Waals surface area contributed by atoms with E-state index in [1.807, 2.05) is 32.0 Å². The van der Waals surface area contributed by atoms with Crippen LogP contribution in [0.15, 0.2) is 146 Å². The molecule has 0 amide bonds. The molecule has 0 spiro atoms. The van der Waals surface area contributed by atoms with Gasteiger partial charge < -0.3 is 14.7 Å². The van der Waals surface area contributed by atoms with Gasteiger partial charge >= 0.3 is 7.48 Å². The lowest BCUT2D eigenvalue weighted by molar-refractivity contribution is -0.0893. The van der Waals surface area contributed by atoms with Gasteiger partial charge in [0, 0.05) is 16.8 Å². The minimum absolute atomic E-state index is 0.761. The van der Waals surface area contributed by atoms with E-state index in [1.54, 1.807) is 21.3 Å². The average molecular weight is 575 g/mol. The molecule has 1 N–H and O–H groups in total. The summed E-state index contributed by atoms with van der Waals surface area (Å²) >= 11 is 0. The van der Waals surface area contributed by atoms with Crippen molar-refractivity contribution < 1.29 is 9.76 Å². The first-order valence-electron chi connectivity index (χ1n) is 15.1. The van der Waals surface area contributed by atoms with Crippen LogP contribution in [0.1, 0.15) is 27.7 Å². The topological polar surface area (TPSA) is 32.7 Å². The second-order valence-electron chi connectivity index (χ2n) is 12.2. The first-order valence-corrected chi connectivity index (χ1v) is 15.1. The van der Waals surface area contributed by atoms with Gasteiger partial charge in [-0.25, -0.2) is 0 Å². The summed E-state index contributed by atoms with van der Waals surface area (Å²) in [6.45, 7) is 7.32. The zero-order valence-corrected chi connectivity index (χ0v) is 25.7. The fourth-order valence-electron chi connectivity index (χ4n) is 5.24. The van der Waals surface area contributed by atoms with Crippen molar-refractivity contribution >= 4 is 40.8 Å². The van der Waals surface area contributed by atoms with Crippen LogP contribution >= 0.6 is 0 Å². The quantitative estimate of drug-likeness (QED) is 0.175. The third-order valence-corrected chi connectivity index (χ3v) is 8.53. The molecule has 0 bridgehead atoms. The Balaban J connectivity index is 1.41. The molecule has 6 rings (SSSR count). The van der Waals surface area contributed by atoms with Crippen LogP contribution in [0.2, 0.25) is 0 Å². The van der Waals surface area contributed by atoms with Gasteiger partial charge in [-0.1, -0.05) is 121 Å². The molecule has 6 aromatic carbocycles.